The number of carbonyl (C=O) groups excluding carboxylic acids is 1. The number of aryl methyl sites for hydroxylation is 2. The molecule has 1 aliphatic rings. The van der Waals surface area contributed by atoms with Gasteiger partial charge in [-0.3, -0.25) is 4.79 Å². The average Bonchev–Trinajstić information content (AvgIpc) is 2.79. The van der Waals surface area contributed by atoms with Gasteiger partial charge in [0.05, 0.1) is 18.6 Å². The number of rotatable bonds is 11. The molecule has 1 aromatic carbocycles. The maximum Gasteiger partial charge on any atom is 0.407 e. The summed E-state index contributed by atoms with van der Waals surface area (Å²) in [5.41, 5.74) is 1.22. The summed E-state index contributed by atoms with van der Waals surface area (Å²) < 4.78 is 38.0. The Labute approximate surface area is 202 Å². The molecule has 1 aromatic rings. The lowest BCUT2D eigenvalue weighted by Gasteiger charge is -2.32. The van der Waals surface area contributed by atoms with E-state index >= 15 is 0 Å². The molecule has 1 N–H and O–H groups in total. The van der Waals surface area contributed by atoms with E-state index in [1.807, 2.05) is 0 Å². The van der Waals surface area contributed by atoms with Crippen LogP contribution in [0.2, 0.25) is 0 Å². The Balaban J connectivity index is 1.76. The fourth-order valence-electron chi connectivity index (χ4n) is 4.10. The zero-order chi connectivity index (χ0) is 25.5. The molecule has 0 aromatic heterocycles. The standard InChI is InChI=1S/C23H37N3O7S/c1-17-14-20(32-5)15-18(2)22(17)34(30,31)25(4)12-13-33-16-21(27)26-10-7-19(8-11-26)6-9-24(3)23(28)29/h14-15,19H,6-13,16H2,1-5H3,(H,28,29). The molecule has 0 aliphatic carbocycles. The largest absolute Gasteiger partial charge is 0.497 e. The number of benzene rings is 1. The Morgan fingerprint density at radius 3 is 2.24 bits per heavy atom. The van der Waals surface area contributed by atoms with Crippen LogP contribution >= 0.6 is 0 Å². The summed E-state index contributed by atoms with van der Waals surface area (Å²) in [7, 11) is 0.883. The smallest absolute Gasteiger partial charge is 0.407 e. The molecule has 0 saturated carbocycles. The van der Waals surface area contributed by atoms with E-state index in [2.05, 4.69) is 0 Å². The number of carbonyl (C=O) groups is 2. The Morgan fingerprint density at radius 2 is 1.71 bits per heavy atom. The predicted molar refractivity (Wildman–Crippen MR) is 128 cm³/mol. The van der Waals surface area contributed by atoms with E-state index in [1.54, 1.807) is 37.9 Å². The highest BCUT2D eigenvalue weighted by molar-refractivity contribution is 7.89. The van der Waals surface area contributed by atoms with Gasteiger partial charge in [0, 0.05) is 40.3 Å². The van der Waals surface area contributed by atoms with Crippen molar-refractivity contribution in [3.8, 4) is 5.75 Å². The van der Waals surface area contributed by atoms with Gasteiger partial charge in [-0.25, -0.2) is 13.2 Å². The van der Waals surface area contributed by atoms with Crippen molar-refractivity contribution >= 4 is 22.0 Å². The van der Waals surface area contributed by atoms with Crippen molar-refractivity contribution in [2.75, 3.05) is 60.6 Å². The fourth-order valence-corrected chi connectivity index (χ4v) is 5.66. The molecule has 1 fully saturated rings. The molecule has 192 valence electrons. The number of carboxylic acid groups (broad SMARTS) is 1. The van der Waals surface area contributed by atoms with Crippen LogP contribution in [0.5, 0.6) is 5.75 Å². The van der Waals surface area contributed by atoms with Gasteiger partial charge in [-0.1, -0.05) is 0 Å². The molecular formula is C23H37N3O7S. The summed E-state index contributed by atoms with van der Waals surface area (Å²) in [6.07, 6.45) is 1.52. The molecule has 10 nitrogen and oxygen atoms in total. The fraction of sp³-hybridized carbons (Fsp3) is 0.652. The minimum atomic E-state index is -3.71. The zero-order valence-electron chi connectivity index (χ0n) is 20.7. The van der Waals surface area contributed by atoms with Crippen LogP contribution in [0.1, 0.15) is 30.4 Å². The Hall–Kier alpha value is -2.37. The molecular weight excluding hydrogens is 462 g/mol. The summed E-state index contributed by atoms with van der Waals surface area (Å²) in [5.74, 6) is 0.888. The molecule has 1 saturated heterocycles. The van der Waals surface area contributed by atoms with E-state index < -0.39 is 16.1 Å². The second-order valence-corrected chi connectivity index (χ2v) is 10.8. The number of nitrogens with zero attached hydrogens (tertiary/aromatic N) is 3. The topological polar surface area (TPSA) is 117 Å². The molecule has 0 atom stereocenters. The minimum Gasteiger partial charge on any atom is -0.497 e. The Bertz CT molecular complexity index is 936. The number of amides is 2. The van der Waals surface area contributed by atoms with Gasteiger partial charge in [-0.05, 0) is 62.3 Å². The molecule has 11 heteroatoms. The van der Waals surface area contributed by atoms with Crippen LogP contribution in [0.3, 0.4) is 0 Å². The van der Waals surface area contributed by atoms with E-state index in [4.69, 9.17) is 14.6 Å². The number of likely N-dealkylation sites (tertiary alicyclic amines) is 1. The summed E-state index contributed by atoms with van der Waals surface area (Å²) >= 11 is 0. The molecule has 0 unspecified atom stereocenters. The van der Waals surface area contributed by atoms with Gasteiger partial charge < -0.3 is 24.4 Å². The van der Waals surface area contributed by atoms with E-state index in [9.17, 15) is 18.0 Å². The van der Waals surface area contributed by atoms with Gasteiger partial charge in [-0.15, -0.1) is 0 Å². The van der Waals surface area contributed by atoms with Gasteiger partial charge in [0.25, 0.3) is 0 Å². The van der Waals surface area contributed by atoms with Crippen LogP contribution in [-0.4, -0.2) is 100 Å². The second kappa shape index (κ2) is 12.4. The Kier molecular flexibility index (Phi) is 10.1. The van der Waals surface area contributed by atoms with Crippen molar-refractivity contribution in [2.24, 2.45) is 5.92 Å². The molecule has 0 radical (unpaired) electrons. The van der Waals surface area contributed by atoms with Gasteiger partial charge in [0.2, 0.25) is 15.9 Å². The number of hydrogen-bond acceptors (Lipinski definition) is 6. The normalized spacial score (nSPS) is 14.9. The summed E-state index contributed by atoms with van der Waals surface area (Å²) in [4.78, 5) is 26.6. The van der Waals surface area contributed by atoms with Crippen LogP contribution in [0.25, 0.3) is 0 Å². The molecule has 0 spiro atoms. The highest BCUT2D eigenvalue weighted by atomic mass is 32.2. The number of hydrogen-bond donors (Lipinski definition) is 1. The summed E-state index contributed by atoms with van der Waals surface area (Å²) in [5, 5.41) is 8.93. The van der Waals surface area contributed by atoms with Crippen LogP contribution < -0.4 is 4.74 Å². The third-order valence-corrected chi connectivity index (χ3v) is 8.44. The van der Waals surface area contributed by atoms with Crippen LogP contribution in [-0.2, 0) is 19.6 Å². The van der Waals surface area contributed by atoms with Crippen molar-refractivity contribution in [3.05, 3.63) is 23.3 Å². The van der Waals surface area contributed by atoms with Crippen molar-refractivity contribution in [1.82, 2.24) is 14.1 Å². The van der Waals surface area contributed by atoms with Crippen molar-refractivity contribution < 1.29 is 32.6 Å². The lowest BCUT2D eigenvalue weighted by molar-refractivity contribution is -0.137. The average molecular weight is 500 g/mol. The highest BCUT2D eigenvalue weighted by Gasteiger charge is 2.26. The molecule has 1 aliphatic heterocycles. The molecule has 2 amide bonds. The van der Waals surface area contributed by atoms with Crippen molar-refractivity contribution in [2.45, 2.75) is 38.0 Å². The third-order valence-electron chi connectivity index (χ3n) is 6.28. The van der Waals surface area contributed by atoms with Gasteiger partial charge >= 0.3 is 6.09 Å². The van der Waals surface area contributed by atoms with E-state index in [-0.39, 0.29) is 30.6 Å². The second-order valence-electron chi connectivity index (χ2n) is 8.79. The lowest BCUT2D eigenvalue weighted by atomic mass is 9.93. The van der Waals surface area contributed by atoms with E-state index in [1.165, 1.54) is 23.4 Å². The molecule has 0 bridgehead atoms. The molecule has 1 heterocycles. The number of piperidine rings is 1. The van der Waals surface area contributed by atoms with Gasteiger partial charge in [0.15, 0.2) is 0 Å². The van der Waals surface area contributed by atoms with Gasteiger partial charge in [-0.2, -0.15) is 4.31 Å². The first kappa shape index (κ1) is 27.9. The molecule has 2 rings (SSSR count). The number of ether oxygens (including phenoxy) is 2. The first-order valence-electron chi connectivity index (χ1n) is 11.4. The molecule has 34 heavy (non-hydrogen) atoms. The minimum absolute atomic E-state index is 0.0963. The highest BCUT2D eigenvalue weighted by Crippen LogP contribution is 2.27. The van der Waals surface area contributed by atoms with Crippen LogP contribution in [0, 0.1) is 19.8 Å². The third kappa shape index (κ3) is 7.31. The maximum absolute atomic E-state index is 13.0. The van der Waals surface area contributed by atoms with Crippen LogP contribution in [0.15, 0.2) is 17.0 Å². The van der Waals surface area contributed by atoms with Crippen LogP contribution in [0.4, 0.5) is 4.79 Å². The lowest BCUT2D eigenvalue weighted by Crippen LogP contribution is -2.41. The quantitative estimate of drug-likeness (QED) is 0.464. The van der Waals surface area contributed by atoms with E-state index in [0.29, 0.717) is 42.4 Å². The number of methoxy groups -OCH3 is 1. The zero-order valence-corrected chi connectivity index (χ0v) is 21.6. The summed E-state index contributed by atoms with van der Waals surface area (Å²) in [6.45, 7) is 5.33. The van der Waals surface area contributed by atoms with Crippen molar-refractivity contribution in [1.29, 1.82) is 0 Å². The first-order chi connectivity index (χ1) is 16.0. The van der Waals surface area contributed by atoms with Crippen molar-refractivity contribution in [3.63, 3.8) is 0 Å². The number of sulfonamides is 1. The first-order valence-corrected chi connectivity index (χ1v) is 12.8. The maximum atomic E-state index is 13.0. The summed E-state index contributed by atoms with van der Waals surface area (Å²) in [6, 6.07) is 3.38. The Morgan fingerprint density at radius 1 is 1.12 bits per heavy atom. The predicted octanol–water partition coefficient (Wildman–Crippen LogP) is 2.19. The number of likely N-dealkylation sites (N-methyl/N-ethyl adjacent to an activating group) is 1. The SMILES string of the molecule is COc1cc(C)c(S(=O)(=O)N(C)CCOCC(=O)N2CCC(CCN(C)C(=O)O)CC2)c(C)c1. The monoisotopic (exact) mass is 499 g/mol. The van der Waals surface area contributed by atoms with Gasteiger partial charge in [0.1, 0.15) is 12.4 Å². The van der Waals surface area contributed by atoms with E-state index in [0.717, 1.165) is 19.3 Å².